The molecule has 2 atom stereocenters. The molecule has 0 saturated carbocycles. The number of rotatable bonds is 12. The molecule has 4 nitrogen and oxygen atoms in total. The van der Waals surface area contributed by atoms with E-state index in [2.05, 4.69) is 100 Å². The molecule has 1 aromatic carbocycles. The van der Waals surface area contributed by atoms with E-state index in [-0.39, 0.29) is 5.41 Å². The molecule has 2 aromatic rings. The monoisotopic (exact) mass is 426 g/mol. The molecule has 4 heteroatoms. The van der Waals surface area contributed by atoms with Crippen LogP contribution in [0.3, 0.4) is 0 Å². The zero-order valence-electron chi connectivity index (χ0n) is 20.3. The molecule has 0 amide bonds. The maximum atomic E-state index is 10.5. The van der Waals surface area contributed by atoms with Crippen LogP contribution in [0.2, 0.25) is 0 Å². The largest absolute Gasteiger partial charge is 0.389 e. The van der Waals surface area contributed by atoms with E-state index in [9.17, 15) is 5.11 Å². The van der Waals surface area contributed by atoms with E-state index in [1.807, 2.05) is 0 Å². The van der Waals surface area contributed by atoms with Gasteiger partial charge in [-0.3, -0.25) is 4.90 Å². The first kappa shape index (κ1) is 25.4. The van der Waals surface area contributed by atoms with Gasteiger partial charge >= 0.3 is 0 Å². The Morgan fingerprint density at radius 3 is 2.39 bits per heavy atom. The van der Waals surface area contributed by atoms with Gasteiger partial charge in [0.25, 0.3) is 0 Å². The van der Waals surface area contributed by atoms with E-state index in [1.54, 1.807) is 6.08 Å². The van der Waals surface area contributed by atoms with Crippen LogP contribution in [0.4, 0.5) is 0 Å². The predicted molar refractivity (Wildman–Crippen MR) is 130 cm³/mol. The van der Waals surface area contributed by atoms with Crippen molar-refractivity contribution >= 4 is 0 Å². The Kier molecular flexibility index (Phi) is 9.54. The van der Waals surface area contributed by atoms with Crippen LogP contribution in [0.25, 0.3) is 0 Å². The standard InChI is InChI=1S/C27H42N2O2/c1-8-16-31-20-26(30)19-29(22(4)21(2)3)18-25-10-9-15-28(25)17-23-11-13-24(14-12-23)27(5,6)7/h8-15,21-22,26,30H,1,16-20H2,2-7H3. The molecule has 172 valence electrons. The lowest BCUT2D eigenvalue weighted by Crippen LogP contribution is -2.42. The van der Waals surface area contributed by atoms with Gasteiger partial charge in [-0.2, -0.15) is 0 Å². The molecule has 0 spiro atoms. The van der Waals surface area contributed by atoms with Crippen LogP contribution in [0, 0.1) is 5.92 Å². The number of benzene rings is 1. The van der Waals surface area contributed by atoms with Gasteiger partial charge in [0.15, 0.2) is 0 Å². The van der Waals surface area contributed by atoms with Crippen molar-refractivity contribution in [3.63, 3.8) is 0 Å². The second-order valence-corrected chi connectivity index (χ2v) is 9.97. The number of nitrogens with zero attached hydrogens (tertiary/aromatic N) is 2. The number of aliphatic hydroxyl groups excluding tert-OH is 1. The van der Waals surface area contributed by atoms with Gasteiger partial charge in [0.1, 0.15) is 0 Å². The molecule has 1 heterocycles. The highest BCUT2D eigenvalue weighted by atomic mass is 16.5. The maximum absolute atomic E-state index is 10.5. The van der Waals surface area contributed by atoms with Gasteiger partial charge < -0.3 is 14.4 Å². The van der Waals surface area contributed by atoms with Crippen LogP contribution in [0.1, 0.15) is 58.4 Å². The van der Waals surface area contributed by atoms with Gasteiger partial charge in [0.2, 0.25) is 0 Å². The minimum Gasteiger partial charge on any atom is -0.389 e. The summed E-state index contributed by atoms with van der Waals surface area (Å²) in [5.74, 6) is 0.495. The van der Waals surface area contributed by atoms with Crippen molar-refractivity contribution in [3.8, 4) is 0 Å². The Balaban J connectivity index is 2.10. The molecule has 2 rings (SSSR count). The van der Waals surface area contributed by atoms with Crippen molar-refractivity contribution in [2.45, 2.75) is 72.2 Å². The highest BCUT2D eigenvalue weighted by molar-refractivity contribution is 5.28. The summed E-state index contributed by atoms with van der Waals surface area (Å²) in [7, 11) is 0. The third-order valence-corrected chi connectivity index (χ3v) is 5.99. The highest BCUT2D eigenvalue weighted by Gasteiger charge is 2.22. The molecule has 0 aliphatic heterocycles. The summed E-state index contributed by atoms with van der Waals surface area (Å²) in [6, 6.07) is 13.6. The maximum Gasteiger partial charge on any atom is 0.0900 e. The minimum atomic E-state index is -0.519. The Hall–Kier alpha value is -1.88. The predicted octanol–water partition coefficient (Wildman–Crippen LogP) is 5.24. The van der Waals surface area contributed by atoms with Gasteiger partial charge in [-0.25, -0.2) is 0 Å². The molecule has 31 heavy (non-hydrogen) atoms. The molecule has 2 unspecified atom stereocenters. The molecular formula is C27H42N2O2. The molecule has 0 saturated heterocycles. The third kappa shape index (κ3) is 7.95. The number of ether oxygens (including phenoxy) is 1. The SMILES string of the molecule is C=CCOCC(O)CN(Cc1cccn1Cc1ccc(C(C)(C)C)cc1)C(C)C(C)C. The van der Waals surface area contributed by atoms with E-state index in [0.717, 1.165) is 13.1 Å². The fourth-order valence-electron chi connectivity index (χ4n) is 3.67. The number of aliphatic hydroxyl groups is 1. The van der Waals surface area contributed by atoms with Crippen LogP contribution < -0.4 is 0 Å². The second kappa shape index (κ2) is 11.7. The van der Waals surface area contributed by atoms with Crippen LogP contribution in [-0.2, 0) is 23.2 Å². The van der Waals surface area contributed by atoms with Crippen molar-refractivity contribution < 1.29 is 9.84 Å². The zero-order chi connectivity index (χ0) is 23.0. The third-order valence-electron chi connectivity index (χ3n) is 5.99. The average Bonchev–Trinajstić information content (AvgIpc) is 3.13. The quantitative estimate of drug-likeness (QED) is 0.372. The highest BCUT2D eigenvalue weighted by Crippen LogP contribution is 2.23. The molecule has 0 aliphatic carbocycles. The Morgan fingerprint density at radius 1 is 1.13 bits per heavy atom. The Labute approximate surface area is 189 Å². The molecular weight excluding hydrogens is 384 g/mol. The summed E-state index contributed by atoms with van der Waals surface area (Å²) < 4.78 is 7.77. The summed E-state index contributed by atoms with van der Waals surface area (Å²) in [6.07, 6.45) is 3.34. The van der Waals surface area contributed by atoms with Crippen LogP contribution >= 0.6 is 0 Å². The fraction of sp³-hybridized carbons (Fsp3) is 0.556. The first-order valence-electron chi connectivity index (χ1n) is 11.5. The number of hydrogen-bond acceptors (Lipinski definition) is 3. The van der Waals surface area contributed by atoms with Crippen molar-refractivity contribution in [2.24, 2.45) is 5.92 Å². The topological polar surface area (TPSA) is 37.6 Å². The van der Waals surface area contributed by atoms with Crippen LogP contribution in [0.5, 0.6) is 0 Å². The van der Waals surface area contributed by atoms with Gasteiger partial charge in [-0.05, 0) is 41.5 Å². The number of aromatic nitrogens is 1. The first-order valence-corrected chi connectivity index (χ1v) is 11.5. The normalized spacial score (nSPS) is 14.2. The van der Waals surface area contributed by atoms with Gasteiger partial charge in [0, 0.05) is 37.6 Å². The average molecular weight is 427 g/mol. The molecule has 1 N–H and O–H groups in total. The van der Waals surface area contributed by atoms with Crippen molar-refractivity contribution in [3.05, 3.63) is 72.1 Å². The first-order chi connectivity index (χ1) is 14.6. The Bertz CT molecular complexity index is 786. The van der Waals surface area contributed by atoms with Gasteiger partial charge in [-0.1, -0.05) is 65.0 Å². The van der Waals surface area contributed by atoms with Crippen molar-refractivity contribution in [1.29, 1.82) is 0 Å². The summed E-state index contributed by atoms with van der Waals surface area (Å²) >= 11 is 0. The van der Waals surface area contributed by atoms with E-state index >= 15 is 0 Å². The molecule has 0 bridgehead atoms. The molecule has 0 aliphatic rings. The molecule has 0 radical (unpaired) electrons. The molecule has 0 fully saturated rings. The lowest BCUT2D eigenvalue weighted by atomic mass is 9.87. The van der Waals surface area contributed by atoms with Crippen LogP contribution in [-0.4, -0.2) is 46.5 Å². The summed E-state index contributed by atoms with van der Waals surface area (Å²) in [5, 5.41) is 10.5. The smallest absolute Gasteiger partial charge is 0.0900 e. The summed E-state index contributed by atoms with van der Waals surface area (Å²) in [6.45, 7) is 20.1. The number of hydrogen-bond donors (Lipinski definition) is 1. The van der Waals surface area contributed by atoms with E-state index in [0.29, 0.717) is 31.7 Å². The van der Waals surface area contributed by atoms with Gasteiger partial charge in [0.05, 0.1) is 19.3 Å². The summed E-state index contributed by atoms with van der Waals surface area (Å²) in [5.41, 5.74) is 4.08. The lowest BCUT2D eigenvalue weighted by molar-refractivity contribution is 0.0103. The van der Waals surface area contributed by atoms with E-state index in [1.165, 1.54) is 16.8 Å². The molecule has 1 aromatic heterocycles. The van der Waals surface area contributed by atoms with Crippen molar-refractivity contribution in [2.75, 3.05) is 19.8 Å². The van der Waals surface area contributed by atoms with E-state index in [4.69, 9.17) is 4.74 Å². The van der Waals surface area contributed by atoms with Crippen molar-refractivity contribution in [1.82, 2.24) is 9.47 Å². The lowest BCUT2D eigenvalue weighted by Gasteiger charge is -2.33. The zero-order valence-corrected chi connectivity index (χ0v) is 20.3. The second-order valence-electron chi connectivity index (χ2n) is 9.97. The minimum absolute atomic E-state index is 0.168. The Morgan fingerprint density at radius 2 is 1.81 bits per heavy atom. The van der Waals surface area contributed by atoms with Gasteiger partial charge in [-0.15, -0.1) is 6.58 Å². The van der Waals surface area contributed by atoms with E-state index < -0.39 is 6.10 Å². The van der Waals surface area contributed by atoms with Crippen LogP contribution in [0.15, 0.2) is 55.3 Å². The summed E-state index contributed by atoms with van der Waals surface area (Å²) in [4.78, 5) is 2.36. The fourth-order valence-corrected chi connectivity index (χ4v) is 3.67.